The van der Waals surface area contributed by atoms with E-state index in [-0.39, 0.29) is 31.3 Å². The molecule has 0 saturated heterocycles. The van der Waals surface area contributed by atoms with Crippen LogP contribution in [0, 0.1) is 0 Å². The topological polar surface area (TPSA) is 88.0 Å². The Hall–Kier alpha value is -1.79. The molecule has 94 valence electrons. The maximum atomic E-state index is 11.5. The predicted octanol–water partition coefficient (Wildman–Crippen LogP) is 0.0970. The fourth-order valence-corrected chi connectivity index (χ4v) is 1.18. The van der Waals surface area contributed by atoms with E-state index in [1.807, 2.05) is 0 Å². The first-order chi connectivity index (χ1) is 8.19. The smallest absolute Gasteiger partial charge is 0.255 e. The van der Waals surface area contributed by atoms with E-state index in [1.165, 1.54) is 19.2 Å². The molecular weight excluding hydrogens is 226 g/mol. The number of methoxy groups -OCH3 is 1. The van der Waals surface area contributed by atoms with Crippen molar-refractivity contribution in [3.8, 4) is 11.5 Å². The highest BCUT2D eigenvalue weighted by Gasteiger charge is 2.11. The first kappa shape index (κ1) is 13.3. The minimum Gasteiger partial charge on any atom is -0.507 e. The van der Waals surface area contributed by atoms with E-state index >= 15 is 0 Å². The average molecular weight is 241 g/mol. The molecule has 0 bridgehead atoms. The van der Waals surface area contributed by atoms with E-state index in [1.54, 1.807) is 6.07 Å². The molecule has 17 heavy (non-hydrogen) atoms. The lowest BCUT2D eigenvalue weighted by Crippen LogP contribution is -2.26. The zero-order valence-corrected chi connectivity index (χ0v) is 9.47. The highest BCUT2D eigenvalue weighted by Crippen LogP contribution is 2.23. The van der Waals surface area contributed by atoms with Crippen LogP contribution in [0.1, 0.15) is 10.4 Å². The maximum Gasteiger partial charge on any atom is 0.255 e. The summed E-state index contributed by atoms with van der Waals surface area (Å²) in [4.78, 5) is 11.5. The summed E-state index contributed by atoms with van der Waals surface area (Å²) in [7, 11) is 1.48. The summed E-state index contributed by atoms with van der Waals surface area (Å²) in [6.45, 7) is 0.0528. The molecule has 0 aliphatic rings. The molecule has 0 unspecified atom stereocenters. The van der Waals surface area contributed by atoms with Gasteiger partial charge in [-0.3, -0.25) is 4.79 Å². The molecule has 6 heteroatoms. The molecule has 0 radical (unpaired) electrons. The summed E-state index contributed by atoms with van der Waals surface area (Å²) >= 11 is 0. The molecule has 3 N–H and O–H groups in total. The van der Waals surface area contributed by atoms with Crippen LogP contribution in [0.3, 0.4) is 0 Å². The monoisotopic (exact) mass is 241 g/mol. The van der Waals surface area contributed by atoms with Gasteiger partial charge in [0, 0.05) is 19.7 Å². The first-order valence-corrected chi connectivity index (χ1v) is 5.03. The highest BCUT2D eigenvalue weighted by atomic mass is 16.7. The molecule has 0 aliphatic carbocycles. The van der Waals surface area contributed by atoms with Crippen molar-refractivity contribution in [3.05, 3.63) is 23.8 Å². The molecule has 0 saturated carbocycles. The van der Waals surface area contributed by atoms with Crippen molar-refractivity contribution < 1.29 is 24.5 Å². The Balaban J connectivity index is 2.71. The Morgan fingerprint density at radius 3 is 2.82 bits per heavy atom. The van der Waals surface area contributed by atoms with E-state index in [0.29, 0.717) is 5.75 Å². The summed E-state index contributed by atoms with van der Waals surface area (Å²) in [5.41, 5.74) is 0.128. The third-order valence-electron chi connectivity index (χ3n) is 1.95. The number of hydrogen-bond donors (Lipinski definition) is 3. The molecule has 0 spiro atoms. The van der Waals surface area contributed by atoms with Crippen molar-refractivity contribution in [2.24, 2.45) is 0 Å². The second-order valence-electron chi connectivity index (χ2n) is 3.21. The second kappa shape index (κ2) is 6.72. The lowest BCUT2D eigenvalue weighted by molar-refractivity contribution is 0.0510. The Morgan fingerprint density at radius 1 is 1.47 bits per heavy atom. The van der Waals surface area contributed by atoms with E-state index in [9.17, 15) is 9.90 Å². The standard InChI is InChI=1S/C11H15NO5/c1-16-7-17-8-2-3-9(10(14)6-8)11(15)12-4-5-13/h2-3,6,13-14H,4-5,7H2,1H3,(H,12,15). The van der Waals surface area contributed by atoms with Gasteiger partial charge in [0.15, 0.2) is 6.79 Å². The number of hydrogen-bond acceptors (Lipinski definition) is 5. The largest absolute Gasteiger partial charge is 0.507 e. The molecular formula is C11H15NO5. The van der Waals surface area contributed by atoms with Crippen LogP contribution in [0.2, 0.25) is 0 Å². The molecule has 0 atom stereocenters. The molecule has 0 fully saturated rings. The van der Waals surface area contributed by atoms with Gasteiger partial charge in [-0.25, -0.2) is 0 Å². The zero-order chi connectivity index (χ0) is 12.7. The van der Waals surface area contributed by atoms with Gasteiger partial charge in [-0.05, 0) is 12.1 Å². The molecule has 1 aromatic rings. The summed E-state index contributed by atoms with van der Waals surface area (Å²) in [6, 6.07) is 4.31. The predicted molar refractivity (Wildman–Crippen MR) is 60.0 cm³/mol. The van der Waals surface area contributed by atoms with E-state index < -0.39 is 5.91 Å². The van der Waals surface area contributed by atoms with Gasteiger partial charge in [0.2, 0.25) is 0 Å². The van der Waals surface area contributed by atoms with Crippen molar-refractivity contribution >= 4 is 5.91 Å². The third-order valence-corrected chi connectivity index (χ3v) is 1.95. The van der Waals surface area contributed by atoms with E-state index in [4.69, 9.17) is 14.6 Å². The van der Waals surface area contributed by atoms with Gasteiger partial charge in [0.05, 0.1) is 12.2 Å². The van der Waals surface area contributed by atoms with Crippen LogP contribution >= 0.6 is 0 Å². The van der Waals surface area contributed by atoms with Gasteiger partial charge in [-0.1, -0.05) is 0 Å². The number of aliphatic hydroxyl groups is 1. The number of benzene rings is 1. The number of nitrogens with one attached hydrogen (secondary N) is 1. The van der Waals surface area contributed by atoms with Crippen molar-refractivity contribution in [1.82, 2.24) is 5.32 Å². The van der Waals surface area contributed by atoms with Gasteiger partial charge in [-0.2, -0.15) is 0 Å². The minimum atomic E-state index is -0.449. The van der Waals surface area contributed by atoms with Crippen LogP contribution in [0.5, 0.6) is 11.5 Å². The number of ether oxygens (including phenoxy) is 2. The Morgan fingerprint density at radius 2 is 2.24 bits per heavy atom. The van der Waals surface area contributed by atoms with Crippen molar-refractivity contribution in [2.45, 2.75) is 0 Å². The third kappa shape index (κ3) is 3.93. The zero-order valence-electron chi connectivity index (χ0n) is 9.47. The SMILES string of the molecule is COCOc1ccc(C(=O)NCCO)c(O)c1. The van der Waals surface area contributed by atoms with Gasteiger partial charge in [-0.15, -0.1) is 0 Å². The average Bonchev–Trinajstić information content (AvgIpc) is 2.33. The summed E-state index contributed by atoms with van der Waals surface area (Å²) in [5, 5.41) is 20.6. The number of phenols is 1. The van der Waals surface area contributed by atoms with Crippen molar-refractivity contribution in [2.75, 3.05) is 27.1 Å². The molecule has 1 aromatic carbocycles. The first-order valence-electron chi connectivity index (χ1n) is 5.03. The maximum absolute atomic E-state index is 11.5. The van der Waals surface area contributed by atoms with Gasteiger partial charge < -0.3 is 25.0 Å². The Labute approximate surface area is 98.8 Å². The number of carbonyl (C=O) groups is 1. The summed E-state index contributed by atoms with van der Waals surface area (Å²) < 4.78 is 9.80. The van der Waals surface area contributed by atoms with E-state index in [0.717, 1.165) is 0 Å². The fraction of sp³-hybridized carbons (Fsp3) is 0.364. The van der Waals surface area contributed by atoms with Crippen LogP contribution < -0.4 is 10.1 Å². The number of amides is 1. The molecule has 1 amide bonds. The number of carbonyl (C=O) groups excluding carboxylic acids is 1. The van der Waals surface area contributed by atoms with Crippen LogP contribution in [0.4, 0.5) is 0 Å². The quantitative estimate of drug-likeness (QED) is 0.615. The lowest BCUT2D eigenvalue weighted by Gasteiger charge is -2.08. The lowest BCUT2D eigenvalue weighted by atomic mass is 10.2. The Bertz CT molecular complexity index is 380. The fourth-order valence-electron chi connectivity index (χ4n) is 1.18. The number of aliphatic hydroxyl groups excluding tert-OH is 1. The highest BCUT2D eigenvalue weighted by molar-refractivity contribution is 5.96. The van der Waals surface area contributed by atoms with Crippen molar-refractivity contribution in [1.29, 1.82) is 0 Å². The Kier molecular flexibility index (Phi) is 5.25. The van der Waals surface area contributed by atoms with Crippen molar-refractivity contribution in [3.63, 3.8) is 0 Å². The summed E-state index contributed by atoms with van der Waals surface area (Å²) in [5.74, 6) is -0.230. The van der Waals surface area contributed by atoms with Crippen LogP contribution in [0.15, 0.2) is 18.2 Å². The normalized spacial score (nSPS) is 10.0. The number of phenolic OH excluding ortho intramolecular Hbond substituents is 1. The van der Waals surface area contributed by atoms with Gasteiger partial charge in [0.25, 0.3) is 5.91 Å². The molecule has 0 heterocycles. The van der Waals surface area contributed by atoms with E-state index in [2.05, 4.69) is 5.32 Å². The van der Waals surface area contributed by atoms with Gasteiger partial charge in [0.1, 0.15) is 11.5 Å². The summed E-state index contributed by atoms with van der Waals surface area (Å²) in [6.07, 6.45) is 0. The second-order valence-corrected chi connectivity index (χ2v) is 3.21. The molecule has 6 nitrogen and oxygen atoms in total. The molecule has 0 aliphatic heterocycles. The van der Waals surface area contributed by atoms with Crippen LogP contribution in [-0.4, -0.2) is 43.2 Å². The minimum absolute atomic E-state index is 0.0650. The van der Waals surface area contributed by atoms with Gasteiger partial charge >= 0.3 is 0 Å². The van der Waals surface area contributed by atoms with Crippen LogP contribution in [-0.2, 0) is 4.74 Å². The van der Waals surface area contributed by atoms with Crippen LogP contribution in [0.25, 0.3) is 0 Å². The molecule has 0 aromatic heterocycles. The number of rotatable bonds is 6. The number of aromatic hydroxyl groups is 1. The molecule has 1 rings (SSSR count).